The molecule has 21 heavy (non-hydrogen) atoms. The molecule has 3 nitrogen and oxygen atoms in total. The van der Waals surface area contributed by atoms with Crippen molar-refractivity contribution in [3.8, 4) is 11.8 Å². The van der Waals surface area contributed by atoms with E-state index in [1.807, 2.05) is 54.6 Å². The fourth-order valence-electron chi connectivity index (χ4n) is 1.94. The summed E-state index contributed by atoms with van der Waals surface area (Å²) in [5, 5.41) is 12.2. The molecule has 0 aliphatic heterocycles. The molecule has 0 spiro atoms. The van der Waals surface area contributed by atoms with Gasteiger partial charge in [-0.25, -0.2) is 0 Å². The van der Waals surface area contributed by atoms with Crippen molar-refractivity contribution in [3.63, 3.8) is 0 Å². The highest BCUT2D eigenvalue weighted by Crippen LogP contribution is 2.18. The van der Waals surface area contributed by atoms with Gasteiger partial charge in [-0.15, -0.1) is 6.58 Å². The first-order valence-corrected chi connectivity index (χ1v) is 6.84. The Balaban J connectivity index is 1.95. The van der Waals surface area contributed by atoms with Crippen LogP contribution in [0.15, 0.2) is 67.3 Å². The van der Waals surface area contributed by atoms with E-state index < -0.39 is 0 Å². The standard InChI is InChI=1S/C18H18N2O/c1-2-12-20-18(13-19)16-8-10-17(11-9-16)21-14-15-6-4-3-5-7-15/h2-11,18,20H,1,12,14H2. The lowest BCUT2D eigenvalue weighted by Gasteiger charge is -2.11. The van der Waals surface area contributed by atoms with E-state index >= 15 is 0 Å². The highest BCUT2D eigenvalue weighted by Gasteiger charge is 2.08. The SMILES string of the molecule is C=CCNC(C#N)c1ccc(OCc2ccccc2)cc1. The smallest absolute Gasteiger partial charge is 0.121 e. The van der Waals surface area contributed by atoms with E-state index in [-0.39, 0.29) is 6.04 Å². The molecule has 0 aromatic heterocycles. The Hall–Kier alpha value is -2.57. The third kappa shape index (κ3) is 4.48. The average Bonchev–Trinajstić information content (AvgIpc) is 2.56. The Morgan fingerprint density at radius 3 is 2.48 bits per heavy atom. The molecule has 1 unspecified atom stereocenters. The second kappa shape index (κ2) is 7.88. The molecule has 1 N–H and O–H groups in total. The van der Waals surface area contributed by atoms with Crippen LogP contribution in [0.25, 0.3) is 0 Å². The van der Waals surface area contributed by atoms with Gasteiger partial charge in [0.15, 0.2) is 0 Å². The van der Waals surface area contributed by atoms with Crippen LogP contribution in [0.2, 0.25) is 0 Å². The summed E-state index contributed by atoms with van der Waals surface area (Å²) in [6, 6.07) is 19.5. The minimum absolute atomic E-state index is 0.328. The van der Waals surface area contributed by atoms with Gasteiger partial charge in [-0.1, -0.05) is 48.5 Å². The summed E-state index contributed by atoms with van der Waals surface area (Å²) < 4.78 is 5.72. The molecule has 2 aromatic rings. The summed E-state index contributed by atoms with van der Waals surface area (Å²) in [6.45, 7) is 4.78. The van der Waals surface area contributed by atoms with Crippen LogP contribution in [0.3, 0.4) is 0 Å². The Morgan fingerprint density at radius 1 is 1.14 bits per heavy atom. The van der Waals surface area contributed by atoms with E-state index in [1.165, 1.54) is 0 Å². The second-order valence-electron chi connectivity index (χ2n) is 4.60. The summed E-state index contributed by atoms with van der Waals surface area (Å²) in [4.78, 5) is 0. The fraction of sp³-hybridized carbons (Fsp3) is 0.167. The summed E-state index contributed by atoms with van der Waals surface area (Å²) in [5.41, 5.74) is 2.05. The van der Waals surface area contributed by atoms with Gasteiger partial charge in [-0.2, -0.15) is 5.26 Å². The second-order valence-corrected chi connectivity index (χ2v) is 4.60. The van der Waals surface area contributed by atoms with Crippen LogP contribution in [0, 0.1) is 11.3 Å². The molecule has 106 valence electrons. The molecular weight excluding hydrogens is 260 g/mol. The quantitative estimate of drug-likeness (QED) is 0.787. The molecule has 0 amide bonds. The first-order chi connectivity index (χ1) is 10.3. The van der Waals surface area contributed by atoms with Crippen molar-refractivity contribution in [1.82, 2.24) is 5.32 Å². The van der Waals surface area contributed by atoms with E-state index in [0.29, 0.717) is 13.2 Å². The summed E-state index contributed by atoms with van der Waals surface area (Å²) in [7, 11) is 0. The van der Waals surface area contributed by atoms with Gasteiger partial charge in [-0.05, 0) is 23.3 Å². The fourth-order valence-corrected chi connectivity index (χ4v) is 1.94. The maximum absolute atomic E-state index is 9.15. The lowest BCUT2D eigenvalue weighted by molar-refractivity contribution is 0.306. The normalized spacial score (nSPS) is 11.4. The van der Waals surface area contributed by atoms with Crippen LogP contribution in [0.4, 0.5) is 0 Å². The molecule has 0 bridgehead atoms. The number of ether oxygens (including phenoxy) is 1. The molecule has 0 heterocycles. The molecule has 2 rings (SSSR count). The van der Waals surface area contributed by atoms with Crippen molar-refractivity contribution in [2.24, 2.45) is 0 Å². The molecule has 0 saturated heterocycles. The number of nitrogens with zero attached hydrogens (tertiary/aromatic N) is 1. The maximum atomic E-state index is 9.15. The zero-order valence-electron chi connectivity index (χ0n) is 11.8. The molecule has 2 aromatic carbocycles. The van der Waals surface area contributed by atoms with E-state index in [0.717, 1.165) is 16.9 Å². The van der Waals surface area contributed by atoms with Crippen molar-refractivity contribution >= 4 is 0 Å². The third-order valence-electron chi connectivity index (χ3n) is 3.06. The molecule has 0 aliphatic carbocycles. The topological polar surface area (TPSA) is 45.0 Å². The largest absolute Gasteiger partial charge is 0.489 e. The van der Waals surface area contributed by atoms with Crippen LogP contribution in [-0.2, 0) is 6.61 Å². The number of nitriles is 1. The number of benzene rings is 2. The van der Waals surface area contributed by atoms with Gasteiger partial charge in [0.1, 0.15) is 18.4 Å². The first-order valence-electron chi connectivity index (χ1n) is 6.84. The maximum Gasteiger partial charge on any atom is 0.121 e. The predicted molar refractivity (Wildman–Crippen MR) is 83.8 cm³/mol. The van der Waals surface area contributed by atoms with Crippen molar-refractivity contribution in [2.75, 3.05) is 6.54 Å². The minimum Gasteiger partial charge on any atom is -0.489 e. The van der Waals surface area contributed by atoms with Gasteiger partial charge in [0, 0.05) is 6.54 Å². The number of nitrogens with one attached hydrogen (secondary N) is 1. The van der Waals surface area contributed by atoms with Crippen molar-refractivity contribution in [3.05, 3.63) is 78.4 Å². The number of rotatable bonds is 7. The Bertz CT molecular complexity index is 599. The highest BCUT2D eigenvalue weighted by molar-refractivity contribution is 5.32. The van der Waals surface area contributed by atoms with Crippen LogP contribution in [-0.4, -0.2) is 6.54 Å². The number of hydrogen-bond donors (Lipinski definition) is 1. The zero-order valence-corrected chi connectivity index (χ0v) is 11.8. The summed E-state index contributed by atoms with van der Waals surface area (Å²) >= 11 is 0. The summed E-state index contributed by atoms with van der Waals surface area (Å²) in [5.74, 6) is 0.794. The lowest BCUT2D eigenvalue weighted by Crippen LogP contribution is -2.19. The molecule has 0 fully saturated rings. The third-order valence-corrected chi connectivity index (χ3v) is 3.06. The first kappa shape index (κ1) is 14.8. The zero-order chi connectivity index (χ0) is 14.9. The van der Waals surface area contributed by atoms with Crippen LogP contribution >= 0.6 is 0 Å². The van der Waals surface area contributed by atoms with Crippen molar-refractivity contribution in [2.45, 2.75) is 12.6 Å². The minimum atomic E-state index is -0.328. The van der Waals surface area contributed by atoms with Crippen LogP contribution in [0.1, 0.15) is 17.2 Å². The van der Waals surface area contributed by atoms with E-state index in [2.05, 4.69) is 18.0 Å². The Morgan fingerprint density at radius 2 is 1.86 bits per heavy atom. The van der Waals surface area contributed by atoms with Gasteiger partial charge in [0.05, 0.1) is 6.07 Å². The van der Waals surface area contributed by atoms with Crippen molar-refractivity contribution in [1.29, 1.82) is 5.26 Å². The van der Waals surface area contributed by atoms with Gasteiger partial charge in [0.25, 0.3) is 0 Å². The van der Waals surface area contributed by atoms with E-state index in [4.69, 9.17) is 10.00 Å². The summed E-state index contributed by atoms with van der Waals surface area (Å²) in [6.07, 6.45) is 1.74. The van der Waals surface area contributed by atoms with Gasteiger partial charge < -0.3 is 4.74 Å². The predicted octanol–water partition coefficient (Wildman–Crippen LogP) is 3.61. The van der Waals surface area contributed by atoms with E-state index in [9.17, 15) is 0 Å². The molecular formula is C18H18N2O. The monoisotopic (exact) mass is 278 g/mol. The van der Waals surface area contributed by atoms with Gasteiger partial charge in [0.2, 0.25) is 0 Å². The molecule has 0 aliphatic rings. The Kier molecular flexibility index (Phi) is 5.57. The molecule has 0 saturated carbocycles. The van der Waals surface area contributed by atoms with Crippen LogP contribution in [0.5, 0.6) is 5.75 Å². The van der Waals surface area contributed by atoms with Gasteiger partial charge >= 0.3 is 0 Å². The molecule has 1 atom stereocenters. The molecule has 0 radical (unpaired) electrons. The Labute approximate surface area is 125 Å². The van der Waals surface area contributed by atoms with E-state index in [1.54, 1.807) is 6.08 Å². The lowest BCUT2D eigenvalue weighted by atomic mass is 10.1. The number of hydrogen-bond acceptors (Lipinski definition) is 3. The van der Waals surface area contributed by atoms with Gasteiger partial charge in [-0.3, -0.25) is 5.32 Å². The highest BCUT2D eigenvalue weighted by atomic mass is 16.5. The van der Waals surface area contributed by atoms with Crippen LogP contribution < -0.4 is 10.1 Å². The average molecular weight is 278 g/mol. The molecule has 3 heteroatoms. The van der Waals surface area contributed by atoms with Crippen molar-refractivity contribution < 1.29 is 4.74 Å².